The molecule has 0 aliphatic heterocycles. The molecule has 0 radical (unpaired) electrons. The van der Waals surface area contributed by atoms with Crippen LogP contribution in [0.5, 0.6) is 0 Å². The van der Waals surface area contributed by atoms with Crippen LogP contribution in [0.4, 0.5) is 0 Å². The van der Waals surface area contributed by atoms with E-state index in [0.717, 1.165) is 14.9 Å². The maximum atomic E-state index is 12.6. The summed E-state index contributed by atoms with van der Waals surface area (Å²) in [6.07, 6.45) is 1.43. The molecule has 4 aromatic rings. The van der Waals surface area contributed by atoms with Crippen molar-refractivity contribution < 1.29 is 9.21 Å². The fourth-order valence-electron chi connectivity index (χ4n) is 3.18. The molecule has 11 heteroatoms. The Morgan fingerprint density at radius 1 is 1.10 bits per heavy atom. The fourth-order valence-corrected chi connectivity index (χ4v) is 3.18. The molecule has 11 nitrogen and oxygen atoms in total. The molecule has 1 atom stereocenters. The number of furan rings is 1. The molecule has 0 saturated carbocycles. The van der Waals surface area contributed by atoms with Gasteiger partial charge in [0, 0.05) is 31.8 Å². The smallest absolute Gasteiger partial charge is 0.371 e. The standard InChI is InChI=1S/C18H19N7O4/c1-11(10-24-18(28)25(21-20-24)15-5-4-8-29-15)19-16(26)12-6-7-13-14(9-12)23(3)17(27)22(13)2/h4-9,11H,10H2,1-3H3,(H,19,26)/t11-/m0/s1. The summed E-state index contributed by atoms with van der Waals surface area (Å²) in [6, 6.07) is 7.90. The predicted molar refractivity (Wildman–Crippen MR) is 103 cm³/mol. The first-order valence-corrected chi connectivity index (χ1v) is 8.90. The van der Waals surface area contributed by atoms with Gasteiger partial charge in [-0.25, -0.2) is 9.59 Å². The van der Waals surface area contributed by atoms with Gasteiger partial charge in [0.15, 0.2) is 0 Å². The second kappa shape index (κ2) is 6.93. The summed E-state index contributed by atoms with van der Waals surface area (Å²) in [7, 11) is 3.34. The molecule has 29 heavy (non-hydrogen) atoms. The van der Waals surface area contributed by atoms with Gasteiger partial charge in [0.1, 0.15) is 0 Å². The minimum absolute atomic E-state index is 0.136. The molecular weight excluding hydrogens is 378 g/mol. The number of aromatic nitrogens is 6. The van der Waals surface area contributed by atoms with Gasteiger partial charge in [-0.15, -0.1) is 4.68 Å². The zero-order valence-corrected chi connectivity index (χ0v) is 16.1. The number of carbonyl (C=O) groups excluding carboxylic acids is 1. The van der Waals surface area contributed by atoms with Crippen LogP contribution in [0.1, 0.15) is 17.3 Å². The number of aryl methyl sites for hydroxylation is 2. The van der Waals surface area contributed by atoms with Gasteiger partial charge in [-0.3, -0.25) is 13.9 Å². The van der Waals surface area contributed by atoms with E-state index in [4.69, 9.17) is 4.42 Å². The summed E-state index contributed by atoms with van der Waals surface area (Å²) in [5.41, 5.74) is 1.18. The summed E-state index contributed by atoms with van der Waals surface area (Å²) >= 11 is 0. The number of carbonyl (C=O) groups is 1. The van der Waals surface area contributed by atoms with Crippen molar-refractivity contribution in [3.05, 3.63) is 63.1 Å². The van der Waals surface area contributed by atoms with Gasteiger partial charge in [-0.1, -0.05) is 0 Å². The molecule has 3 aromatic heterocycles. The van der Waals surface area contributed by atoms with Crippen LogP contribution in [0, 0.1) is 0 Å². The second-order valence-corrected chi connectivity index (χ2v) is 6.79. The summed E-state index contributed by atoms with van der Waals surface area (Å²) in [5.74, 6) is -0.0538. The first-order chi connectivity index (χ1) is 13.9. The van der Waals surface area contributed by atoms with Crippen LogP contribution in [0.3, 0.4) is 0 Å². The molecule has 0 fully saturated rings. The van der Waals surface area contributed by atoms with Crippen LogP contribution in [0.15, 0.2) is 50.6 Å². The van der Waals surface area contributed by atoms with Crippen molar-refractivity contribution in [3.63, 3.8) is 0 Å². The minimum atomic E-state index is -0.471. The highest BCUT2D eigenvalue weighted by molar-refractivity contribution is 5.97. The molecule has 1 N–H and O–H groups in total. The Labute approximate surface area is 163 Å². The number of nitrogens with one attached hydrogen (secondary N) is 1. The predicted octanol–water partition coefficient (Wildman–Crippen LogP) is 0.0309. The van der Waals surface area contributed by atoms with Gasteiger partial charge < -0.3 is 9.73 Å². The number of hydrogen-bond donors (Lipinski definition) is 1. The average Bonchev–Trinajstić information content (AvgIpc) is 3.40. The lowest BCUT2D eigenvalue weighted by Gasteiger charge is -2.13. The summed E-state index contributed by atoms with van der Waals surface area (Å²) in [6.45, 7) is 1.89. The van der Waals surface area contributed by atoms with Crippen molar-refractivity contribution >= 4 is 16.9 Å². The van der Waals surface area contributed by atoms with Crippen molar-refractivity contribution in [3.8, 4) is 5.88 Å². The number of rotatable bonds is 5. The molecule has 4 rings (SSSR count). The van der Waals surface area contributed by atoms with Crippen molar-refractivity contribution in [2.24, 2.45) is 14.1 Å². The number of nitrogens with zero attached hydrogens (tertiary/aromatic N) is 6. The van der Waals surface area contributed by atoms with E-state index in [1.807, 2.05) is 0 Å². The van der Waals surface area contributed by atoms with E-state index in [9.17, 15) is 14.4 Å². The lowest BCUT2D eigenvalue weighted by Crippen LogP contribution is -2.38. The SMILES string of the molecule is C[C@@H](Cn1nnn(-c2ccco2)c1=O)NC(=O)c1ccc2c(c1)n(C)c(=O)n2C. The number of tetrazole rings is 1. The Bertz CT molecular complexity index is 1310. The normalized spacial score (nSPS) is 12.4. The Hall–Kier alpha value is -3.89. The third kappa shape index (κ3) is 3.16. The second-order valence-electron chi connectivity index (χ2n) is 6.79. The molecule has 0 spiro atoms. The van der Waals surface area contributed by atoms with Crippen molar-refractivity contribution in [1.82, 2.24) is 34.2 Å². The van der Waals surface area contributed by atoms with E-state index < -0.39 is 11.7 Å². The van der Waals surface area contributed by atoms with Gasteiger partial charge in [0.2, 0.25) is 5.88 Å². The maximum absolute atomic E-state index is 12.6. The summed E-state index contributed by atoms with van der Waals surface area (Å²) in [4.78, 5) is 37.0. The van der Waals surface area contributed by atoms with E-state index in [0.29, 0.717) is 11.1 Å². The Kier molecular flexibility index (Phi) is 4.41. The third-order valence-corrected chi connectivity index (χ3v) is 4.71. The van der Waals surface area contributed by atoms with E-state index >= 15 is 0 Å². The monoisotopic (exact) mass is 397 g/mol. The molecule has 0 saturated heterocycles. The lowest BCUT2D eigenvalue weighted by molar-refractivity contribution is 0.0935. The highest BCUT2D eigenvalue weighted by Gasteiger charge is 2.17. The minimum Gasteiger partial charge on any atom is -0.446 e. The van der Waals surface area contributed by atoms with Crippen LogP contribution in [-0.2, 0) is 20.6 Å². The highest BCUT2D eigenvalue weighted by atomic mass is 16.3. The number of benzene rings is 1. The number of fused-ring (bicyclic) bond motifs is 1. The summed E-state index contributed by atoms with van der Waals surface area (Å²) < 4.78 is 10.3. The van der Waals surface area contributed by atoms with E-state index in [1.54, 1.807) is 51.4 Å². The van der Waals surface area contributed by atoms with Gasteiger partial charge in [0.05, 0.1) is 23.8 Å². The summed E-state index contributed by atoms with van der Waals surface area (Å²) in [5, 5.41) is 10.4. The quantitative estimate of drug-likeness (QED) is 0.507. The van der Waals surface area contributed by atoms with Crippen molar-refractivity contribution in [2.45, 2.75) is 19.5 Å². The molecule has 3 heterocycles. The van der Waals surface area contributed by atoms with Gasteiger partial charge in [-0.05, 0) is 41.6 Å². The molecule has 1 aromatic carbocycles. The average molecular weight is 397 g/mol. The van der Waals surface area contributed by atoms with E-state index in [-0.39, 0.29) is 24.0 Å². The van der Waals surface area contributed by atoms with Crippen LogP contribution >= 0.6 is 0 Å². The fraction of sp³-hybridized carbons (Fsp3) is 0.278. The molecule has 1 amide bonds. The first-order valence-electron chi connectivity index (χ1n) is 8.90. The van der Waals surface area contributed by atoms with Gasteiger partial charge >= 0.3 is 11.4 Å². The van der Waals surface area contributed by atoms with Crippen LogP contribution in [0.2, 0.25) is 0 Å². The number of imidazole rings is 1. The number of hydrogen-bond acceptors (Lipinski definition) is 6. The maximum Gasteiger partial charge on any atom is 0.371 e. The van der Waals surface area contributed by atoms with Gasteiger partial charge in [0.25, 0.3) is 5.91 Å². The Morgan fingerprint density at radius 2 is 1.86 bits per heavy atom. The molecule has 0 unspecified atom stereocenters. The van der Waals surface area contributed by atoms with E-state index in [2.05, 4.69) is 15.7 Å². The van der Waals surface area contributed by atoms with Crippen molar-refractivity contribution in [2.75, 3.05) is 0 Å². The largest absolute Gasteiger partial charge is 0.446 e. The molecule has 0 aliphatic rings. The molecule has 0 bridgehead atoms. The zero-order chi connectivity index (χ0) is 20.7. The molecule has 150 valence electrons. The Balaban J connectivity index is 1.50. The van der Waals surface area contributed by atoms with Gasteiger partial charge in [-0.2, -0.15) is 4.68 Å². The number of amides is 1. The highest BCUT2D eigenvalue weighted by Crippen LogP contribution is 2.14. The van der Waals surface area contributed by atoms with E-state index in [1.165, 1.54) is 15.4 Å². The Morgan fingerprint density at radius 3 is 2.59 bits per heavy atom. The lowest BCUT2D eigenvalue weighted by atomic mass is 10.1. The zero-order valence-electron chi connectivity index (χ0n) is 16.1. The van der Waals surface area contributed by atoms with Crippen molar-refractivity contribution in [1.29, 1.82) is 0 Å². The topological polar surface area (TPSA) is 122 Å². The van der Waals surface area contributed by atoms with Crippen LogP contribution < -0.4 is 16.7 Å². The van der Waals surface area contributed by atoms with Crippen LogP contribution in [-0.4, -0.2) is 40.9 Å². The third-order valence-electron chi connectivity index (χ3n) is 4.71. The molecular formula is C18H19N7O4. The first kappa shape index (κ1) is 18.5. The molecule has 0 aliphatic carbocycles. The van der Waals surface area contributed by atoms with Crippen LogP contribution in [0.25, 0.3) is 16.9 Å².